The molecule has 0 aliphatic heterocycles. The van der Waals surface area contributed by atoms with Crippen LogP contribution < -0.4 is 5.32 Å². The maximum Gasteiger partial charge on any atom is 0.273 e. The number of pyridine rings is 1. The van der Waals surface area contributed by atoms with Gasteiger partial charge in [-0.25, -0.2) is 0 Å². The van der Waals surface area contributed by atoms with Gasteiger partial charge in [-0.05, 0) is 40.6 Å². The number of thiophene rings is 2. The summed E-state index contributed by atoms with van der Waals surface area (Å²) in [4.78, 5) is 34.5. The first-order valence-corrected chi connectivity index (χ1v) is 11.6. The van der Waals surface area contributed by atoms with Gasteiger partial charge in [-0.15, -0.1) is 22.7 Å². The summed E-state index contributed by atoms with van der Waals surface area (Å²) in [5.41, 5.74) is 1.32. The molecule has 4 aromatic rings. The summed E-state index contributed by atoms with van der Waals surface area (Å²) in [7, 11) is 0. The number of hydrogen-bond acceptors (Lipinski definition) is 5. The van der Waals surface area contributed by atoms with E-state index in [1.165, 1.54) is 11.3 Å². The third-order valence-electron chi connectivity index (χ3n) is 4.73. The Morgan fingerprint density at radius 3 is 2.35 bits per heavy atom. The third kappa shape index (κ3) is 5.25. The van der Waals surface area contributed by atoms with Crippen LogP contribution in [0.5, 0.6) is 0 Å². The lowest BCUT2D eigenvalue weighted by atomic mass is 10.1. The molecule has 0 bridgehead atoms. The van der Waals surface area contributed by atoms with E-state index in [-0.39, 0.29) is 11.8 Å². The average molecular weight is 448 g/mol. The molecule has 7 heteroatoms. The molecule has 0 radical (unpaired) electrons. The fourth-order valence-corrected chi connectivity index (χ4v) is 4.78. The maximum atomic E-state index is 13.5. The van der Waals surface area contributed by atoms with Crippen LogP contribution in [0.15, 0.2) is 89.8 Å². The molecule has 156 valence electrons. The summed E-state index contributed by atoms with van der Waals surface area (Å²) >= 11 is 3.02. The quantitative estimate of drug-likeness (QED) is 0.418. The second kappa shape index (κ2) is 10.1. The fraction of sp³-hybridized carbons (Fsp3) is 0.125. The number of amides is 2. The molecular weight excluding hydrogens is 426 g/mol. The Balaban J connectivity index is 1.66. The Bertz CT molecular complexity index is 1100. The number of rotatable bonds is 8. The van der Waals surface area contributed by atoms with Crippen molar-refractivity contribution in [3.8, 4) is 0 Å². The van der Waals surface area contributed by atoms with Gasteiger partial charge in [0, 0.05) is 22.5 Å². The van der Waals surface area contributed by atoms with E-state index in [9.17, 15) is 9.59 Å². The zero-order valence-electron chi connectivity index (χ0n) is 16.7. The Hall–Kier alpha value is -3.29. The summed E-state index contributed by atoms with van der Waals surface area (Å²) in [6.07, 6.45) is 1.59. The van der Waals surface area contributed by atoms with E-state index in [1.807, 2.05) is 65.4 Å². The zero-order chi connectivity index (χ0) is 21.5. The van der Waals surface area contributed by atoms with Crippen molar-refractivity contribution in [1.29, 1.82) is 0 Å². The van der Waals surface area contributed by atoms with Gasteiger partial charge in [0.1, 0.15) is 11.7 Å². The van der Waals surface area contributed by atoms with E-state index in [1.54, 1.807) is 40.6 Å². The number of carbonyl (C=O) groups is 2. The Labute approximate surface area is 189 Å². The van der Waals surface area contributed by atoms with Crippen molar-refractivity contribution >= 4 is 34.5 Å². The summed E-state index contributed by atoms with van der Waals surface area (Å²) in [6, 6.07) is 21.9. The van der Waals surface area contributed by atoms with Gasteiger partial charge < -0.3 is 10.2 Å². The molecule has 2 amide bonds. The van der Waals surface area contributed by atoms with Crippen LogP contribution in [-0.2, 0) is 17.9 Å². The molecule has 4 rings (SSSR count). The zero-order valence-corrected chi connectivity index (χ0v) is 18.3. The van der Waals surface area contributed by atoms with Crippen molar-refractivity contribution in [2.24, 2.45) is 0 Å². The molecule has 0 fully saturated rings. The molecule has 3 aromatic heterocycles. The lowest BCUT2D eigenvalue weighted by Crippen LogP contribution is -2.43. The highest BCUT2D eigenvalue weighted by atomic mass is 32.1. The third-order valence-corrected chi connectivity index (χ3v) is 6.52. The van der Waals surface area contributed by atoms with Crippen LogP contribution in [-0.4, -0.2) is 21.7 Å². The average Bonchev–Trinajstić information content (AvgIpc) is 3.53. The Kier molecular flexibility index (Phi) is 6.86. The normalized spacial score (nSPS) is 11.6. The molecule has 0 aliphatic carbocycles. The van der Waals surface area contributed by atoms with Gasteiger partial charge in [-0.1, -0.05) is 48.5 Å². The first kappa shape index (κ1) is 21.0. The molecule has 1 aromatic carbocycles. The van der Waals surface area contributed by atoms with Crippen LogP contribution in [0, 0.1) is 0 Å². The second-order valence-electron chi connectivity index (χ2n) is 6.85. The van der Waals surface area contributed by atoms with Crippen molar-refractivity contribution in [3.63, 3.8) is 0 Å². The number of benzene rings is 1. The number of carbonyl (C=O) groups excluding carboxylic acids is 2. The maximum absolute atomic E-state index is 13.5. The van der Waals surface area contributed by atoms with Crippen molar-refractivity contribution < 1.29 is 9.59 Å². The molecule has 31 heavy (non-hydrogen) atoms. The molecule has 0 aliphatic rings. The molecule has 5 nitrogen and oxygen atoms in total. The molecule has 0 saturated carbocycles. The summed E-state index contributed by atoms with van der Waals surface area (Å²) in [6.45, 7) is 0.723. The highest BCUT2D eigenvalue weighted by molar-refractivity contribution is 7.10. The van der Waals surface area contributed by atoms with Gasteiger partial charge in [0.05, 0.1) is 6.54 Å². The minimum Gasteiger partial charge on any atom is -0.350 e. The Morgan fingerprint density at radius 2 is 1.68 bits per heavy atom. The predicted octanol–water partition coefficient (Wildman–Crippen LogP) is 4.90. The molecule has 0 spiro atoms. The monoisotopic (exact) mass is 447 g/mol. The highest BCUT2D eigenvalue weighted by Gasteiger charge is 2.33. The summed E-state index contributed by atoms with van der Waals surface area (Å²) in [5.74, 6) is -0.491. The molecular formula is C24H21N3O2S2. The first-order chi connectivity index (χ1) is 15.2. The molecule has 1 unspecified atom stereocenters. The lowest BCUT2D eigenvalue weighted by Gasteiger charge is -2.30. The minimum absolute atomic E-state index is 0.216. The smallest absolute Gasteiger partial charge is 0.273 e. The van der Waals surface area contributed by atoms with Crippen molar-refractivity contribution in [2.45, 2.75) is 19.1 Å². The van der Waals surface area contributed by atoms with Crippen LogP contribution in [0.2, 0.25) is 0 Å². The van der Waals surface area contributed by atoms with Gasteiger partial charge in [-0.2, -0.15) is 0 Å². The van der Waals surface area contributed by atoms with Gasteiger partial charge in [-0.3, -0.25) is 14.6 Å². The molecule has 0 saturated heterocycles. The molecule has 3 heterocycles. The standard InChI is InChI=1S/C24H21N3O2S2/c28-23(26-16-18-8-2-1-3-9-18)22(21-12-7-15-31-21)27(17-19-10-6-14-30-19)24(29)20-11-4-5-13-25-20/h1-15,22H,16-17H2,(H,26,28). The van der Waals surface area contributed by atoms with E-state index >= 15 is 0 Å². The van der Waals surface area contributed by atoms with E-state index in [4.69, 9.17) is 0 Å². The van der Waals surface area contributed by atoms with Crippen LogP contribution in [0.3, 0.4) is 0 Å². The van der Waals surface area contributed by atoms with Crippen molar-refractivity contribution in [1.82, 2.24) is 15.2 Å². The van der Waals surface area contributed by atoms with E-state index in [0.29, 0.717) is 18.8 Å². The largest absolute Gasteiger partial charge is 0.350 e. The predicted molar refractivity (Wildman–Crippen MR) is 124 cm³/mol. The highest BCUT2D eigenvalue weighted by Crippen LogP contribution is 2.29. The van der Waals surface area contributed by atoms with E-state index < -0.39 is 6.04 Å². The van der Waals surface area contributed by atoms with Crippen molar-refractivity contribution in [3.05, 3.63) is 111 Å². The number of aromatic nitrogens is 1. The van der Waals surface area contributed by atoms with E-state index in [2.05, 4.69) is 10.3 Å². The van der Waals surface area contributed by atoms with Gasteiger partial charge in [0.25, 0.3) is 5.91 Å². The second-order valence-corrected chi connectivity index (χ2v) is 8.86. The van der Waals surface area contributed by atoms with Gasteiger partial charge in [0.15, 0.2) is 0 Å². The SMILES string of the molecule is O=C(NCc1ccccc1)C(c1cccs1)N(Cc1cccs1)C(=O)c1ccccn1. The minimum atomic E-state index is -0.750. The van der Waals surface area contributed by atoms with Crippen LogP contribution in [0.1, 0.15) is 31.8 Å². The van der Waals surface area contributed by atoms with E-state index in [0.717, 1.165) is 15.3 Å². The number of nitrogens with zero attached hydrogens (tertiary/aromatic N) is 2. The summed E-state index contributed by atoms with van der Waals surface area (Å²) in [5, 5.41) is 6.90. The first-order valence-electron chi connectivity index (χ1n) is 9.82. The lowest BCUT2D eigenvalue weighted by molar-refractivity contribution is -0.126. The van der Waals surface area contributed by atoms with Crippen LogP contribution in [0.4, 0.5) is 0 Å². The topological polar surface area (TPSA) is 62.3 Å². The number of nitrogens with one attached hydrogen (secondary N) is 1. The van der Waals surface area contributed by atoms with Crippen molar-refractivity contribution in [2.75, 3.05) is 0 Å². The molecule has 1 N–H and O–H groups in total. The van der Waals surface area contributed by atoms with Crippen LogP contribution in [0.25, 0.3) is 0 Å². The number of hydrogen-bond donors (Lipinski definition) is 1. The summed E-state index contributed by atoms with van der Waals surface area (Å²) < 4.78 is 0. The van der Waals surface area contributed by atoms with Gasteiger partial charge >= 0.3 is 0 Å². The van der Waals surface area contributed by atoms with Gasteiger partial charge in [0.2, 0.25) is 5.91 Å². The fourth-order valence-electron chi connectivity index (χ4n) is 3.24. The molecule has 1 atom stereocenters. The van der Waals surface area contributed by atoms with Crippen LogP contribution >= 0.6 is 22.7 Å². The Morgan fingerprint density at radius 1 is 0.903 bits per heavy atom.